The van der Waals surface area contributed by atoms with Crippen LogP contribution < -0.4 is 0 Å². The highest BCUT2D eigenvalue weighted by Gasteiger charge is 2.53. The number of nitrogens with zero attached hydrogens (tertiary/aromatic N) is 1. The summed E-state index contributed by atoms with van der Waals surface area (Å²) < 4.78 is 19.4. The third-order valence-electron chi connectivity index (χ3n) is 4.05. The van der Waals surface area contributed by atoms with Crippen molar-refractivity contribution in [3.63, 3.8) is 0 Å². The second kappa shape index (κ2) is 4.47. The normalized spacial score (nSPS) is 29.1. The number of nitriles is 1. The molecule has 0 aromatic rings. The Kier molecular flexibility index (Phi) is 3.36. The molecule has 5 heteroatoms. The summed E-state index contributed by atoms with van der Waals surface area (Å²) in [5.41, 5.74) is -1.99. The van der Waals surface area contributed by atoms with Crippen molar-refractivity contribution < 1.29 is 14.2 Å². The molecule has 101 valence electrons. The molecule has 2 aliphatic rings. The van der Waals surface area contributed by atoms with Gasteiger partial charge in [-0.05, 0) is 51.6 Å². The van der Waals surface area contributed by atoms with Gasteiger partial charge >= 0.3 is 7.48 Å². The molecule has 1 fully saturated rings. The molecule has 2 aliphatic carbocycles. The second-order valence-corrected chi connectivity index (χ2v) is 6.16. The number of allylic oxidation sites excluding steroid dienone is 4. The average molecular weight is 262 g/mol. The summed E-state index contributed by atoms with van der Waals surface area (Å²) >= 11 is 0. The number of rotatable bonds is 4. The zero-order valence-electron chi connectivity index (χ0n) is 11.5. The minimum Gasteiger partial charge on any atom is -0.427 e. The Hall–Kier alpha value is -1.12. The van der Waals surface area contributed by atoms with Gasteiger partial charge in [-0.25, -0.2) is 4.39 Å². The van der Waals surface area contributed by atoms with Crippen LogP contribution in [0.15, 0.2) is 23.5 Å². The molecule has 0 bridgehead atoms. The second-order valence-electron chi connectivity index (χ2n) is 6.16. The van der Waals surface area contributed by atoms with Gasteiger partial charge in [-0.2, -0.15) is 5.26 Å². The lowest BCUT2D eigenvalue weighted by molar-refractivity contribution is -0.0456. The summed E-state index contributed by atoms with van der Waals surface area (Å²) in [7, 11) is 1.35. The van der Waals surface area contributed by atoms with E-state index >= 15 is 0 Å². The van der Waals surface area contributed by atoms with Crippen molar-refractivity contribution in [1.29, 1.82) is 5.26 Å². The minimum atomic E-state index is -0.805. The number of halogens is 1. The third kappa shape index (κ3) is 2.75. The fourth-order valence-corrected chi connectivity index (χ4v) is 2.06. The average Bonchev–Trinajstić information content (AvgIpc) is 3.08. The summed E-state index contributed by atoms with van der Waals surface area (Å²) in [4.78, 5) is 0. The molecule has 0 heterocycles. The van der Waals surface area contributed by atoms with Crippen molar-refractivity contribution >= 4 is 7.48 Å². The topological polar surface area (TPSA) is 53.2 Å². The monoisotopic (exact) mass is 262 g/mol. The minimum absolute atomic E-state index is 0.338. The molecular weight excluding hydrogens is 244 g/mol. The maximum atomic E-state index is 13.9. The van der Waals surface area contributed by atoms with Crippen LogP contribution in [-0.2, 0) is 4.65 Å². The highest BCUT2D eigenvalue weighted by atomic mass is 19.1. The van der Waals surface area contributed by atoms with Gasteiger partial charge in [0.25, 0.3) is 0 Å². The number of hydrogen-bond acceptors (Lipinski definition) is 3. The third-order valence-corrected chi connectivity index (χ3v) is 4.05. The summed E-state index contributed by atoms with van der Waals surface area (Å²) in [5.74, 6) is -0.450. The first-order valence-electron chi connectivity index (χ1n) is 6.45. The molecule has 1 atom stereocenters. The van der Waals surface area contributed by atoms with Crippen LogP contribution in [-0.4, -0.2) is 23.8 Å². The van der Waals surface area contributed by atoms with Crippen LogP contribution in [0.25, 0.3) is 0 Å². The highest BCUT2D eigenvalue weighted by Crippen LogP contribution is 2.46. The Morgan fingerprint density at radius 1 is 1.53 bits per heavy atom. The van der Waals surface area contributed by atoms with Crippen LogP contribution in [0.5, 0.6) is 0 Å². The molecule has 0 aromatic carbocycles. The summed E-state index contributed by atoms with van der Waals surface area (Å²) in [6, 6.07) is 2.08. The molecule has 1 unspecified atom stereocenters. The molecule has 1 saturated carbocycles. The Bertz CT molecular complexity index is 488. The molecule has 0 amide bonds. The lowest BCUT2D eigenvalue weighted by Crippen LogP contribution is -2.42. The van der Waals surface area contributed by atoms with Crippen LogP contribution in [0.4, 0.5) is 4.39 Å². The van der Waals surface area contributed by atoms with Crippen molar-refractivity contribution in [1.82, 2.24) is 0 Å². The molecule has 3 nitrogen and oxygen atoms in total. The summed E-state index contributed by atoms with van der Waals surface area (Å²) in [6.45, 7) is 5.28. The first kappa shape index (κ1) is 14.3. The Labute approximate surface area is 114 Å². The summed E-state index contributed by atoms with van der Waals surface area (Å²) in [6.07, 6.45) is 4.85. The quantitative estimate of drug-likeness (QED) is 0.792. The molecule has 0 aromatic heterocycles. The maximum absolute atomic E-state index is 13.9. The van der Waals surface area contributed by atoms with Gasteiger partial charge in [0.1, 0.15) is 5.83 Å². The van der Waals surface area contributed by atoms with E-state index in [1.165, 1.54) is 13.6 Å². The molecular formula is C14H18BFNO2. The van der Waals surface area contributed by atoms with E-state index in [0.717, 1.165) is 0 Å². The van der Waals surface area contributed by atoms with Crippen molar-refractivity contribution in [3.8, 4) is 6.07 Å². The zero-order chi connectivity index (χ0) is 14.3. The fourth-order valence-electron chi connectivity index (χ4n) is 2.06. The molecule has 2 rings (SSSR count). The van der Waals surface area contributed by atoms with Gasteiger partial charge in [0.2, 0.25) is 0 Å². The van der Waals surface area contributed by atoms with Crippen LogP contribution in [0.3, 0.4) is 0 Å². The first-order chi connectivity index (χ1) is 8.71. The smallest absolute Gasteiger partial charge is 0.333 e. The lowest BCUT2D eigenvalue weighted by atomic mass is 9.74. The van der Waals surface area contributed by atoms with Gasteiger partial charge in [-0.1, -0.05) is 6.08 Å². The Morgan fingerprint density at radius 2 is 2.16 bits per heavy atom. The van der Waals surface area contributed by atoms with Gasteiger partial charge < -0.3 is 9.76 Å². The molecule has 0 aliphatic heterocycles. The largest absolute Gasteiger partial charge is 0.427 e. The van der Waals surface area contributed by atoms with E-state index in [0.29, 0.717) is 24.7 Å². The van der Waals surface area contributed by atoms with Gasteiger partial charge in [0.05, 0.1) is 22.7 Å². The highest BCUT2D eigenvalue weighted by molar-refractivity contribution is 6.40. The first-order valence-corrected chi connectivity index (χ1v) is 6.45. The van der Waals surface area contributed by atoms with Gasteiger partial charge in [-0.3, -0.25) is 0 Å². The lowest BCUT2D eigenvalue weighted by Gasteiger charge is -2.32. The van der Waals surface area contributed by atoms with Crippen LogP contribution in [0.2, 0.25) is 0 Å². The Balaban J connectivity index is 1.99. The molecule has 0 spiro atoms. The van der Waals surface area contributed by atoms with Crippen molar-refractivity contribution in [3.05, 3.63) is 23.5 Å². The number of hydrogen-bond donors (Lipinski definition) is 1. The number of aliphatic hydroxyl groups is 1. The van der Waals surface area contributed by atoms with E-state index in [9.17, 15) is 9.50 Å². The van der Waals surface area contributed by atoms with Crippen molar-refractivity contribution in [2.45, 2.75) is 51.2 Å². The van der Waals surface area contributed by atoms with Gasteiger partial charge in [0, 0.05) is 0 Å². The SMILES string of the molecule is CC1(C#N)C=C(F)C([B]OC(C)(C)C2(O)CC2)=CC1. The van der Waals surface area contributed by atoms with Gasteiger partial charge in [-0.15, -0.1) is 0 Å². The van der Waals surface area contributed by atoms with E-state index in [-0.39, 0.29) is 0 Å². The van der Waals surface area contributed by atoms with E-state index in [4.69, 9.17) is 9.92 Å². The molecule has 0 saturated heterocycles. The van der Waals surface area contributed by atoms with E-state index < -0.39 is 22.4 Å². The van der Waals surface area contributed by atoms with E-state index in [1.54, 1.807) is 26.8 Å². The zero-order valence-corrected chi connectivity index (χ0v) is 11.5. The van der Waals surface area contributed by atoms with E-state index in [2.05, 4.69) is 6.07 Å². The summed E-state index contributed by atoms with van der Waals surface area (Å²) in [5, 5.41) is 19.0. The fraction of sp³-hybridized carbons (Fsp3) is 0.643. The standard InChI is InChI=1S/C14H18BFNO2/c1-12(2,14(18)6-7-14)19-15-10-4-5-13(3,9-17)8-11(10)16/h4,8,18H,5-7H2,1-3H3. The maximum Gasteiger partial charge on any atom is 0.333 e. The Morgan fingerprint density at radius 3 is 2.63 bits per heavy atom. The predicted molar refractivity (Wildman–Crippen MR) is 70.7 cm³/mol. The van der Waals surface area contributed by atoms with Crippen molar-refractivity contribution in [2.24, 2.45) is 5.41 Å². The van der Waals surface area contributed by atoms with Crippen LogP contribution >= 0.6 is 0 Å². The molecule has 19 heavy (non-hydrogen) atoms. The van der Waals surface area contributed by atoms with Gasteiger partial charge in [0.15, 0.2) is 0 Å². The molecule has 1 radical (unpaired) electrons. The van der Waals surface area contributed by atoms with Crippen LogP contribution in [0, 0.1) is 16.7 Å². The van der Waals surface area contributed by atoms with E-state index in [1.807, 2.05) is 0 Å². The predicted octanol–water partition coefficient (Wildman–Crippen LogP) is 2.60. The van der Waals surface area contributed by atoms with Crippen molar-refractivity contribution in [2.75, 3.05) is 0 Å². The van der Waals surface area contributed by atoms with Crippen LogP contribution in [0.1, 0.15) is 40.0 Å². The molecule has 1 N–H and O–H groups in total.